The molecule has 0 aromatic carbocycles. The van der Waals surface area contributed by atoms with E-state index in [-0.39, 0.29) is 25.6 Å². The molecule has 0 aromatic heterocycles. The van der Waals surface area contributed by atoms with E-state index < -0.39 is 26.5 Å². The number of unbranched alkanes of at least 4 members (excludes halogenated alkanes) is 22. The zero-order valence-corrected chi connectivity index (χ0v) is 36.6. The number of hydrogen-bond acceptors (Lipinski definition) is 7. The lowest BCUT2D eigenvalue weighted by atomic mass is 10.0. The van der Waals surface area contributed by atoms with Gasteiger partial charge in [-0.25, -0.2) is 4.57 Å². The standard InChI is InChI=1S/C44H84NO8P/c1-6-8-10-12-14-16-18-20-22-24-26-28-30-32-34-36-43(46)50-40-42(41-52-54(48,49)51-39-38-45(3,4)5)53-44(47)37-35-33-31-29-27-25-23-21-19-17-15-13-11-9-7-2/h15,17,21,23,42H,6-14,16,18-20,22,24-41H2,1-5H3/p+1. The molecule has 0 radical (unpaired) electrons. The number of nitrogens with zero attached hydrogens (tertiary/aromatic N) is 1. The van der Waals surface area contributed by atoms with E-state index in [0.717, 1.165) is 57.8 Å². The fraction of sp³-hybridized carbons (Fsp3) is 0.864. The van der Waals surface area contributed by atoms with Gasteiger partial charge < -0.3 is 18.9 Å². The van der Waals surface area contributed by atoms with E-state index in [2.05, 4.69) is 38.2 Å². The van der Waals surface area contributed by atoms with Crippen LogP contribution in [0.5, 0.6) is 0 Å². The van der Waals surface area contributed by atoms with Crippen LogP contribution >= 0.6 is 7.82 Å². The van der Waals surface area contributed by atoms with E-state index in [1.165, 1.54) is 103 Å². The van der Waals surface area contributed by atoms with E-state index in [0.29, 0.717) is 23.9 Å². The van der Waals surface area contributed by atoms with Crippen LogP contribution in [0.15, 0.2) is 24.3 Å². The Balaban J connectivity index is 4.37. The summed E-state index contributed by atoms with van der Waals surface area (Å²) in [4.78, 5) is 35.3. The summed E-state index contributed by atoms with van der Waals surface area (Å²) >= 11 is 0. The molecule has 0 aliphatic rings. The number of quaternary nitrogens is 1. The molecule has 318 valence electrons. The van der Waals surface area contributed by atoms with E-state index >= 15 is 0 Å². The quantitative estimate of drug-likeness (QED) is 0.0215. The fourth-order valence-corrected chi connectivity index (χ4v) is 6.73. The molecule has 0 aliphatic heterocycles. The Morgan fingerprint density at radius 1 is 0.574 bits per heavy atom. The second-order valence-corrected chi connectivity index (χ2v) is 17.5. The largest absolute Gasteiger partial charge is 0.472 e. The molecule has 2 unspecified atom stereocenters. The van der Waals surface area contributed by atoms with E-state index in [1.54, 1.807) is 0 Å². The molecule has 0 bridgehead atoms. The summed E-state index contributed by atoms with van der Waals surface area (Å²) in [5, 5.41) is 0. The van der Waals surface area contributed by atoms with Crippen molar-refractivity contribution in [2.24, 2.45) is 0 Å². The molecule has 0 aromatic rings. The molecular weight excluding hydrogens is 701 g/mol. The van der Waals surface area contributed by atoms with Crippen molar-refractivity contribution in [2.75, 3.05) is 47.5 Å². The second kappa shape index (κ2) is 37.1. The highest BCUT2D eigenvalue weighted by Crippen LogP contribution is 2.43. The van der Waals surface area contributed by atoms with Crippen molar-refractivity contribution in [3.63, 3.8) is 0 Å². The van der Waals surface area contributed by atoms with Gasteiger partial charge in [-0.05, 0) is 44.9 Å². The van der Waals surface area contributed by atoms with Crippen molar-refractivity contribution in [2.45, 2.75) is 200 Å². The summed E-state index contributed by atoms with van der Waals surface area (Å²) in [6, 6.07) is 0. The van der Waals surface area contributed by atoms with Crippen LogP contribution < -0.4 is 0 Å². The van der Waals surface area contributed by atoms with E-state index in [9.17, 15) is 19.0 Å². The lowest BCUT2D eigenvalue weighted by Crippen LogP contribution is -2.37. The minimum Gasteiger partial charge on any atom is -0.462 e. The van der Waals surface area contributed by atoms with Crippen LogP contribution in [0.3, 0.4) is 0 Å². The highest BCUT2D eigenvalue weighted by Gasteiger charge is 2.27. The number of ether oxygens (including phenoxy) is 2. The summed E-state index contributed by atoms with van der Waals surface area (Å²) in [5.74, 6) is -0.808. The number of esters is 2. The first-order valence-electron chi connectivity index (χ1n) is 22.1. The Kier molecular flexibility index (Phi) is 36.1. The molecule has 0 amide bonds. The Labute approximate surface area is 332 Å². The van der Waals surface area contributed by atoms with Crippen molar-refractivity contribution in [1.82, 2.24) is 0 Å². The van der Waals surface area contributed by atoms with Crippen molar-refractivity contribution in [3.05, 3.63) is 24.3 Å². The monoisotopic (exact) mass is 787 g/mol. The summed E-state index contributed by atoms with van der Waals surface area (Å²) in [5.41, 5.74) is 0. The van der Waals surface area contributed by atoms with Crippen LogP contribution in [0.25, 0.3) is 0 Å². The Hall–Kier alpha value is -1.51. The van der Waals surface area contributed by atoms with Crippen LogP contribution in [0, 0.1) is 0 Å². The normalized spacial score (nSPS) is 13.8. The van der Waals surface area contributed by atoms with Gasteiger partial charge in [0.2, 0.25) is 0 Å². The van der Waals surface area contributed by atoms with Gasteiger partial charge in [0.25, 0.3) is 0 Å². The molecular formula is C44H85NO8P+. The topological polar surface area (TPSA) is 108 Å². The van der Waals surface area contributed by atoms with Crippen molar-refractivity contribution >= 4 is 19.8 Å². The van der Waals surface area contributed by atoms with Crippen molar-refractivity contribution in [1.29, 1.82) is 0 Å². The zero-order chi connectivity index (χ0) is 40.0. The molecule has 0 saturated heterocycles. The van der Waals surface area contributed by atoms with Gasteiger partial charge in [-0.2, -0.15) is 0 Å². The molecule has 0 heterocycles. The lowest BCUT2D eigenvalue weighted by molar-refractivity contribution is -0.870. The molecule has 0 fully saturated rings. The third-order valence-electron chi connectivity index (χ3n) is 9.48. The number of phosphoric ester groups is 1. The first-order valence-corrected chi connectivity index (χ1v) is 23.6. The van der Waals surface area contributed by atoms with Gasteiger partial charge in [-0.3, -0.25) is 18.6 Å². The van der Waals surface area contributed by atoms with Gasteiger partial charge in [0.05, 0.1) is 27.7 Å². The molecule has 0 rings (SSSR count). The van der Waals surface area contributed by atoms with E-state index in [1.807, 2.05) is 21.1 Å². The molecule has 54 heavy (non-hydrogen) atoms. The maximum absolute atomic E-state index is 12.7. The minimum atomic E-state index is -4.37. The average Bonchev–Trinajstić information content (AvgIpc) is 3.12. The van der Waals surface area contributed by atoms with Crippen LogP contribution in [0.1, 0.15) is 194 Å². The summed E-state index contributed by atoms with van der Waals surface area (Å²) in [6.07, 6.45) is 39.3. The summed E-state index contributed by atoms with van der Waals surface area (Å²) in [7, 11) is 1.47. The van der Waals surface area contributed by atoms with Gasteiger partial charge in [-0.1, -0.05) is 160 Å². The highest BCUT2D eigenvalue weighted by molar-refractivity contribution is 7.47. The number of carbonyl (C=O) groups is 2. The maximum atomic E-state index is 12.7. The molecule has 0 aliphatic carbocycles. The molecule has 1 N–H and O–H groups in total. The van der Waals surface area contributed by atoms with Crippen LogP contribution in [0.2, 0.25) is 0 Å². The smallest absolute Gasteiger partial charge is 0.462 e. The summed E-state index contributed by atoms with van der Waals surface area (Å²) < 4.78 is 34.3. The number of likely N-dealkylation sites (N-methyl/N-ethyl adjacent to an activating group) is 1. The summed E-state index contributed by atoms with van der Waals surface area (Å²) in [6.45, 7) is 4.39. The van der Waals surface area contributed by atoms with Gasteiger partial charge in [0, 0.05) is 12.8 Å². The Bertz CT molecular complexity index is 980. The SMILES string of the molecule is CCCCCC=CCC=CCCCCCCCC(=O)OC(COC(=O)CCCCCCCCCCCCCCCCC)COP(=O)(O)OCC[N+](C)(C)C. The number of rotatable bonds is 40. The van der Waals surface area contributed by atoms with Crippen LogP contribution in [-0.2, 0) is 32.7 Å². The zero-order valence-electron chi connectivity index (χ0n) is 35.7. The van der Waals surface area contributed by atoms with Gasteiger partial charge in [0.15, 0.2) is 6.10 Å². The third kappa shape index (κ3) is 40.2. The van der Waals surface area contributed by atoms with Gasteiger partial charge >= 0.3 is 19.8 Å². The first-order chi connectivity index (χ1) is 26.0. The van der Waals surface area contributed by atoms with Gasteiger partial charge in [0.1, 0.15) is 19.8 Å². The Morgan fingerprint density at radius 2 is 1.00 bits per heavy atom. The molecule has 2 atom stereocenters. The van der Waals surface area contributed by atoms with Gasteiger partial charge in [-0.15, -0.1) is 0 Å². The number of phosphoric acid groups is 1. The first kappa shape index (κ1) is 52.5. The number of hydrogen-bond donors (Lipinski definition) is 1. The highest BCUT2D eigenvalue weighted by atomic mass is 31.2. The number of allylic oxidation sites excluding steroid dienone is 4. The second-order valence-electron chi connectivity index (χ2n) is 16.1. The predicted octanol–water partition coefficient (Wildman–Crippen LogP) is 12.4. The molecule has 10 heteroatoms. The van der Waals surface area contributed by atoms with Crippen molar-refractivity contribution < 1.29 is 42.1 Å². The van der Waals surface area contributed by atoms with E-state index in [4.69, 9.17) is 18.5 Å². The maximum Gasteiger partial charge on any atom is 0.472 e. The molecule has 9 nitrogen and oxygen atoms in total. The lowest BCUT2D eigenvalue weighted by Gasteiger charge is -2.24. The minimum absolute atomic E-state index is 0.0306. The predicted molar refractivity (Wildman–Crippen MR) is 224 cm³/mol. The fourth-order valence-electron chi connectivity index (χ4n) is 5.99. The average molecular weight is 787 g/mol. The molecule has 0 spiro atoms. The Morgan fingerprint density at radius 3 is 1.50 bits per heavy atom. The van der Waals surface area contributed by atoms with Crippen LogP contribution in [-0.4, -0.2) is 74.9 Å². The van der Waals surface area contributed by atoms with Crippen LogP contribution in [0.4, 0.5) is 0 Å². The molecule has 0 saturated carbocycles. The number of carbonyl (C=O) groups excluding carboxylic acids is 2. The van der Waals surface area contributed by atoms with Crippen molar-refractivity contribution in [3.8, 4) is 0 Å². The third-order valence-corrected chi connectivity index (χ3v) is 10.5.